The van der Waals surface area contributed by atoms with Gasteiger partial charge in [0.05, 0.1) is 18.4 Å². The largest absolute Gasteiger partial charge is 0.292 e. The second-order valence-corrected chi connectivity index (χ2v) is 5.97. The van der Waals surface area contributed by atoms with Gasteiger partial charge in [0.2, 0.25) is 11.8 Å². The summed E-state index contributed by atoms with van der Waals surface area (Å²) in [5.74, 6) is -0.711. The average Bonchev–Trinajstić information content (AvgIpc) is 3.05. The highest BCUT2D eigenvalue weighted by atomic mass is 16.2. The third kappa shape index (κ3) is 1.64. The summed E-state index contributed by atoms with van der Waals surface area (Å²) in [6.45, 7) is -0.0938. The van der Waals surface area contributed by atoms with Gasteiger partial charge in [-0.2, -0.15) is 0 Å². The first-order valence-electron chi connectivity index (χ1n) is 7.15. The maximum Gasteiger partial charge on any atom is 0.233 e. The van der Waals surface area contributed by atoms with Crippen LogP contribution in [0.15, 0.2) is 18.2 Å². The number of rotatable bonds is 3. The van der Waals surface area contributed by atoms with E-state index in [1.807, 2.05) is 18.2 Å². The number of ketones is 1. The molecule has 4 rings (SSSR count). The predicted octanol–water partition coefficient (Wildman–Crippen LogP) is 1.36. The molecule has 1 heterocycles. The van der Waals surface area contributed by atoms with Crippen molar-refractivity contribution in [3.63, 3.8) is 0 Å². The maximum atomic E-state index is 12.3. The van der Waals surface area contributed by atoms with E-state index in [4.69, 9.17) is 0 Å². The van der Waals surface area contributed by atoms with Gasteiger partial charge in [0.1, 0.15) is 0 Å². The van der Waals surface area contributed by atoms with E-state index in [-0.39, 0.29) is 36.0 Å². The molecule has 0 N–H and O–H groups in total. The van der Waals surface area contributed by atoms with E-state index >= 15 is 0 Å². The van der Waals surface area contributed by atoms with Crippen LogP contribution >= 0.6 is 0 Å². The number of aryl methyl sites for hydroxylation is 2. The molecule has 2 unspecified atom stereocenters. The van der Waals surface area contributed by atoms with E-state index in [1.54, 1.807) is 0 Å². The van der Waals surface area contributed by atoms with Gasteiger partial charge in [0.15, 0.2) is 5.78 Å². The normalized spacial score (nSPS) is 26.7. The molecule has 20 heavy (non-hydrogen) atoms. The number of benzene rings is 1. The van der Waals surface area contributed by atoms with Crippen molar-refractivity contribution in [3.8, 4) is 0 Å². The summed E-state index contributed by atoms with van der Waals surface area (Å²) in [6, 6.07) is 5.75. The summed E-state index contributed by atoms with van der Waals surface area (Å²) in [7, 11) is 0. The molecule has 1 aromatic carbocycles. The first-order valence-corrected chi connectivity index (χ1v) is 7.15. The number of hydrogen-bond acceptors (Lipinski definition) is 3. The Morgan fingerprint density at radius 2 is 1.80 bits per heavy atom. The van der Waals surface area contributed by atoms with Crippen LogP contribution in [-0.4, -0.2) is 29.0 Å². The van der Waals surface area contributed by atoms with E-state index in [2.05, 4.69) is 0 Å². The highest BCUT2D eigenvalue weighted by molar-refractivity contribution is 6.12. The van der Waals surface area contributed by atoms with Gasteiger partial charge in [-0.25, -0.2) is 0 Å². The smallest absolute Gasteiger partial charge is 0.233 e. The van der Waals surface area contributed by atoms with Gasteiger partial charge in [-0.15, -0.1) is 0 Å². The predicted molar refractivity (Wildman–Crippen MR) is 71.1 cm³/mol. The highest BCUT2D eigenvalue weighted by Gasteiger charge is 2.58. The van der Waals surface area contributed by atoms with Gasteiger partial charge in [-0.3, -0.25) is 19.3 Å². The zero-order chi connectivity index (χ0) is 13.9. The van der Waals surface area contributed by atoms with Crippen molar-refractivity contribution in [2.75, 3.05) is 6.54 Å². The lowest BCUT2D eigenvalue weighted by Gasteiger charge is -2.15. The minimum Gasteiger partial charge on any atom is -0.292 e. The highest BCUT2D eigenvalue weighted by Crippen LogP contribution is 2.46. The Kier molecular flexibility index (Phi) is 2.37. The van der Waals surface area contributed by atoms with Crippen molar-refractivity contribution in [1.29, 1.82) is 0 Å². The topological polar surface area (TPSA) is 54.5 Å². The van der Waals surface area contributed by atoms with Crippen molar-refractivity contribution >= 4 is 17.6 Å². The molecule has 0 aromatic heterocycles. The quantitative estimate of drug-likeness (QED) is 0.615. The average molecular weight is 269 g/mol. The molecule has 2 amide bonds. The molecule has 1 saturated heterocycles. The van der Waals surface area contributed by atoms with Crippen LogP contribution in [0.5, 0.6) is 0 Å². The third-order valence-corrected chi connectivity index (χ3v) is 4.68. The van der Waals surface area contributed by atoms with Crippen molar-refractivity contribution in [1.82, 2.24) is 4.90 Å². The van der Waals surface area contributed by atoms with Gasteiger partial charge >= 0.3 is 0 Å². The summed E-state index contributed by atoms with van der Waals surface area (Å²) in [4.78, 5) is 37.1. The number of nitrogens with zero attached hydrogens (tertiary/aromatic N) is 1. The Morgan fingerprint density at radius 3 is 2.55 bits per heavy atom. The molecule has 1 saturated carbocycles. The zero-order valence-electron chi connectivity index (χ0n) is 11.1. The number of Topliss-reactive ketones (excluding diaryl/α,β-unsaturated/α-hetero) is 1. The first kappa shape index (κ1) is 11.8. The van der Waals surface area contributed by atoms with Crippen LogP contribution in [0.25, 0.3) is 0 Å². The Labute approximate surface area is 116 Å². The van der Waals surface area contributed by atoms with E-state index in [1.165, 1.54) is 11.1 Å². The van der Waals surface area contributed by atoms with Crippen molar-refractivity contribution in [3.05, 3.63) is 34.9 Å². The van der Waals surface area contributed by atoms with Crippen molar-refractivity contribution < 1.29 is 14.4 Å². The van der Waals surface area contributed by atoms with Gasteiger partial charge in [-0.1, -0.05) is 12.1 Å². The fraction of sp³-hybridized carbons (Fsp3) is 0.438. The minimum absolute atomic E-state index is 0.0938. The van der Waals surface area contributed by atoms with Crippen molar-refractivity contribution in [2.24, 2.45) is 11.8 Å². The molecule has 4 heteroatoms. The zero-order valence-corrected chi connectivity index (χ0v) is 11.1. The molecule has 4 nitrogen and oxygen atoms in total. The molecule has 2 fully saturated rings. The number of likely N-dealkylation sites (tertiary alicyclic amines) is 1. The van der Waals surface area contributed by atoms with Gasteiger partial charge in [0, 0.05) is 5.56 Å². The molecule has 0 spiro atoms. The Bertz CT molecular complexity index is 629. The second kappa shape index (κ2) is 4.01. The summed E-state index contributed by atoms with van der Waals surface area (Å²) >= 11 is 0. The number of carbonyl (C=O) groups excluding carboxylic acids is 3. The lowest BCUT2D eigenvalue weighted by Crippen LogP contribution is -2.37. The first-order chi connectivity index (χ1) is 9.65. The van der Waals surface area contributed by atoms with Crippen molar-refractivity contribution in [2.45, 2.75) is 25.7 Å². The van der Waals surface area contributed by atoms with Gasteiger partial charge < -0.3 is 0 Å². The van der Waals surface area contributed by atoms with Gasteiger partial charge in [0.25, 0.3) is 0 Å². The van der Waals surface area contributed by atoms with Crippen LogP contribution in [0.2, 0.25) is 0 Å². The third-order valence-electron chi connectivity index (χ3n) is 4.68. The Balaban J connectivity index is 1.53. The molecule has 0 radical (unpaired) electrons. The molecule has 102 valence electrons. The van der Waals surface area contributed by atoms with E-state index in [0.29, 0.717) is 12.0 Å². The molecule has 3 aliphatic rings. The van der Waals surface area contributed by atoms with Gasteiger partial charge in [-0.05, 0) is 42.9 Å². The molecular weight excluding hydrogens is 254 g/mol. The fourth-order valence-electron chi connectivity index (χ4n) is 3.39. The standard InChI is InChI=1S/C16H15NO3/c18-14(8-17-15(19)12-7-13(12)16(17)20)11-5-4-9-2-1-3-10(9)6-11/h4-6,12-13H,1-3,7-8H2. The molecule has 0 bridgehead atoms. The fourth-order valence-corrected chi connectivity index (χ4v) is 3.39. The monoisotopic (exact) mass is 269 g/mol. The minimum atomic E-state index is -0.158. The molecule has 1 aliphatic heterocycles. The summed E-state index contributed by atoms with van der Waals surface area (Å²) < 4.78 is 0. The lowest BCUT2D eigenvalue weighted by atomic mass is 10.0. The molecule has 2 aliphatic carbocycles. The van der Waals surface area contributed by atoms with Crippen LogP contribution in [0.3, 0.4) is 0 Å². The SMILES string of the molecule is O=C(CN1C(=O)C2CC2C1=O)c1ccc2c(c1)CCC2. The number of carbonyl (C=O) groups is 3. The molecule has 2 atom stereocenters. The maximum absolute atomic E-state index is 12.3. The van der Waals surface area contributed by atoms with E-state index in [0.717, 1.165) is 24.2 Å². The van der Waals surface area contributed by atoms with E-state index in [9.17, 15) is 14.4 Å². The summed E-state index contributed by atoms with van der Waals surface area (Å²) in [5, 5.41) is 0. The van der Waals surface area contributed by atoms with Crippen LogP contribution in [0, 0.1) is 11.8 Å². The number of fused-ring (bicyclic) bond motifs is 2. The number of piperidine rings is 1. The van der Waals surface area contributed by atoms with Crippen LogP contribution in [-0.2, 0) is 22.4 Å². The number of imide groups is 1. The lowest BCUT2D eigenvalue weighted by molar-refractivity contribution is -0.140. The number of hydrogen-bond donors (Lipinski definition) is 0. The number of amides is 2. The van der Waals surface area contributed by atoms with Crippen LogP contribution in [0.4, 0.5) is 0 Å². The Hall–Kier alpha value is -1.97. The second-order valence-electron chi connectivity index (χ2n) is 5.97. The Morgan fingerprint density at radius 1 is 1.10 bits per heavy atom. The van der Waals surface area contributed by atoms with Crippen LogP contribution in [0.1, 0.15) is 34.3 Å². The molecule has 1 aromatic rings. The summed E-state index contributed by atoms with van der Waals surface area (Å²) in [6.07, 6.45) is 3.92. The molecular formula is C16H15NO3. The van der Waals surface area contributed by atoms with Crippen LogP contribution < -0.4 is 0 Å². The van der Waals surface area contributed by atoms with E-state index < -0.39 is 0 Å². The summed E-state index contributed by atoms with van der Waals surface area (Å²) in [5.41, 5.74) is 3.17.